The molecule has 0 aliphatic carbocycles. The highest BCUT2D eigenvalue weighted by molar-refractivity contribution is 7.89. The lowest BCUT2D eigenvalue weighted by Crippen LogP contribution is -2.30. The van der Waals surface area contributed by atoms with Crippen molar-refractivity contribution in [1.29, 1.82) is 0 Å². The summed E-state index contributed by atoms with van der Waals surface area (Å²) in [6.45, 7) is -0.626. The molecule has 6 nitrogen and oxygen atoms in total. The number of benzene rings is 2. The van der Waals surface area contributed by atoms with Crippen molar-refractivity contribution in [2.75, 3.05) is 13.1 Å². The van der Waals surface area contributed by atoms with Gasteiger partial charge in [-0.2, -0.15) is 0 Å². The third-order valence-corrected chi connectivity index (χ3v) is 6.26. The fraction of sp³-hybridized carbons (Fsp3) is 0.200. The summed E-state index contributed by atoms with van der Waals surface area (Å²) in [5.41, 5.74) is 0. The van der Waals surface area contributed by atoms with Gasteiger partial charge in [0.15, 0.2) is 0 Å². The number of rotatable bonds is 8. The number of sulfonamides is 2. The van der Waals surface area contributed by atoms with Gasteiger partial charge in [-0.15, -0.1) is 0 Å². The van der Waals surface area contributed by atoms with Crippen LogP contribution in [0.15, 0.2) is 46.2 Å². The van der Waals surface area contributed by atoms with Gasteiger partial charge in [0.25, 0.3) is 0 Å². The van der Waals surface area contributed by atoms with E-state index in [1.165, 1.54) is 0 Å². The van der Waals surface area contributed by atoms with Crippen LogP contribution in [0.1, 0.15) is 6.42 Å². The van der Waals surface area contributed by atoms with Gasteiger partial charge in [0, 0.05) is 13.1 Å². The molecule has 0 fully saturated rings. The molecule has 0 aromatic heterocycles. The highest BCUT2D eigenvalue weighted by Crippen LogP contribution is 2.16. The second-order valence-electron chi connectivity index (χ2n) is 5.30. The van der Waals surface area contributed by atoms with Crippen molar-refractivity contribution in [2.24, 2.45) is 0 Å². The molecule has 2 aromatic rings. The molecule has 27 heavy (non-hydrogen) atoms. The predicted molar refractivity (Wildman–Crippen MR) is 87.7 cm³/mol. The van der Waals surface area contributed by atoms with E-state index >= 15 is 0 Å². The standard InChI is InChI=1S/C15H14F4N2O4S2/c16-10-2-4-12(18)14(8-10)26(22,23)20-6-1-7-21-27(24,25)15-9-11(17)3-5-13(15)19/h2-5,8-9,20-21H,1,6-7H2. The molecule has 0 atom stereocenters. The number of halogens is 4. The van der Waals surface area contributed by atoms with Gasteiger partial charge >= 0.3 is 0 Å². The van der Waals surface area contributed by atoms with Crippen molar-refractivity contribution in [2.45, 2.75) is 16.2 Å². The SMILES string of the molecule is O=S(=O)(NCCCNS(=O)(=O)c1cc(F)ccc1F)c1cc(F)ccc1F. The zero-order valence-electron chi connectivity index (χ0n) is 13.5. The third kappa shape index (κ3) is 5.48. The van der Waals surface area contributed by atoms with Crippen molar-refractivity contribution in [1.82, 2.24) is 9.44 Å². The topological polar surface area (TPSA) is 92.3 Å². The van der Waals surface area contributed by atoms with Crippen LogP contribution in [0.25, 0.3) is 0 Å². The summed E-state index contributed by atoms with van der Waals surface area (Å²) < 4.78 is 105. The lowest BCUT2D eigenvalue weighted by Gasteiger charge is -2.09. The maximum absolute atomic E-state index is 13.5. The van der Waals surface area contributed by atoms with Crippen LogP contribution < -0.4 is 9.44 Å². The largest absolute Gasteiger partial charge is 0.243 e. The van der Waals surface area contributed by atoms with Crippen LogP contribution in [-0.4, -0.2) is 29.9 Å². The molecule has 0 heterocycles. The first-order valence-electron chi connectivity index (χ1n) is 7.42. The molecule has 0 spiro atoms. The molecule has 0 amide bonds. The lowest BCUT2D eigenvalue weighted by molar-refractivity contribution is 0.541. The van der Waals surface area contributed by atoms with Gasteiger partial charge < -0.3 is 0 Å². The molecule has 0 bridgehead atoms. The van der Waals surface area contributed by atoms with Gasteiger partial charge in [0.1, 0.15) is 33.1 Å². The van der Waals surface area contributed by atoms with E-state index in [4.69, 9.17) is 0 Å². The molecular weight excluding hydrogens is 412 g/mol. The van der Waals surface area contributed by atoms with Crippen LogP contribution in [0.4, 0.5) is 17.6 Å². The normalized spacial score (nSPS) is 12.3. The second kappa shape index (κ2) is 8.33. The second-order valence-corrected chi connectivity index (χ2v) is 8.77. The Morgan fingerprint density at radius 2 is 1.04 bits per heavy atom. The van der Waals surface area contributed by atoms with Crippen LogP contribution in [0.2, 0.25) is 0 Å². The molecule has 0 aliphatic rings. The fourth-order valence-electron chi connectivity index (χ4n) is 2.02. The van der Waals surface area contributed by atoms with Gasteiger partial charge in [-0.25, -0.2) is 43.8 Å². The minimum absolute atomic E-state index is 0.0909. The quantitative estimate of drug-likeness (QED) is 0.498. The molecule has 2 rings (SSSR count). The van der Waals surface area contributed by atoms with Gasteiger partial charge in [0.05, 0.1) is 0 Å². The lowest BCUT2D eigenvalue weighted by atomic mass is 10.3. The van der Waals surface area contributed by atoms with E-state index in [-0.39, 0.29) is 19.5 Å². The molecule has 2 N–H and O–H groups in total. The first kappa shape index (κ1) is 21.3. The molecule has 0 aliphatic heterocycles. The Morgan fingerprint density at radius 3 is 1.41 bits per heavy atom. The summed E-state index contributed by atoms with van der Waals surface area (Å²) >= 11 is 0. The van der Waals surface area contributed by atoms with Crippen molar-refractivity contribution in [3.63, 3.8) is 0 Å². The van der Waals surface area contributed by atoms with Crippen LogP contribution in [0.5, 0.6) is 0 Å². The number of hydrogen-bond acceptors (Lipinski definition) is 4. The monoisotopic (exact) mass is 426 g/mol. The Labute approximate surface area is 153 Å². The zero-order valence-corrected chi connectivity index (χ0v) is 15.2. The maximum Gasteiger partial charge on any atom is 0.243 e. The number of nitrogens with one attached hydrogen (secondary N) is 2. The van der Waals surface area contributed by atoms with E-state index in [0.29, 0.717) is 24.3 Å². The molecular formula is C15H14F4N2O4S2. The highest BCUT2D eigenvalue weighted by atomic mass is 32.2. The van der Waals surface area contributed by atoms with Crippen LogP contribution in [0.3, 0.4) is 0 Å². The first-order chi connectivity index (χ1) is 12.5. The molecule has 12 heteroatoms. The average molecular weight is 426 g/mol. The molecule has 0 saturated carbocycles. The minimum Gasteiger partial charge on any atom is -0.211 e. The first-order valence-corrected chi connectivity index (χ1v) is 10.4. The van der Waals surface area contributed by atoms with E-state index < -0.39 is 53.1 Å². The Hall–Kier alpha value is -2.02. The average Bonchev–Trinajstić information content (AvgIpc) is 2.58. The summed E-state index contributed by atoms with van der Waals surface area (Å²) in [5.74, 6) is -4.18. The van der Waals surface area contributed by atoms with Gasteiger partial charge in [-0.1, -0.05) is 0 Å². The maximum atomic E-state index is 13.5. The molecule has 0 radical (unpaired) electrons. The van der Waals surface area contributed by atoms with Gasteiger partial charge in [0.2, 0.25) is 20.0 Å². The third-order valence-electron chi connectivity index (χ3n) is 3.30. The van der Waals surface area contributed by atoms with Gasteiger partial charge in [-0.3, -0.25) is 0 Å². The van der Waals surface area contributed by atoms with E-state index in [0.717, 1.165) is 12.1 Å². The summed E-state index contributed by atoms with van der Waals surface area (Å²) in [7, 11) is -8.69. The summed E-state index contributed by atoms with van der Waals surface area (Å²) in [6, 6.07) is 3.85. The smallest absolute Gasteiger partial charge is 0.211 e. The van der Waals surface area contributed by atoms with Crippen molar-refractivity contribution in [3.05, 3.63) is 59.7 Å². The Morgan fingerprint density at radius 1 is 0.667 bits per heavy atom. The van der Waals surface area contributed by atoms with Gasteiger partial charge in [-0.05, 0) is 42.8 Å². The minimum atomic E-state index is -4.35. The molecule has 0 unspecified atom stereocenters. The van der Waals surface area contributed by atoms with E-state index in [1.807, 2.05) is 9.44 Å². The summed E-state index contributed by atoms with van der Waals surface area (Å²) in [5, 5.41) is 0. The summed E-state index contributed by atoms with van der Waals surface area (Å²) in [4.78, 5) is -1.77. The zero-order chi connectivity index (χ0) is 20.2. The summed E-state index contributed by atoms with van der Waals surface area (Å²) in [6.07, 6.45) is -0.0909. The van der Waals surface area contributed by atoms with E-state index in [2.05, 4.69) is 0 Å². The van der Waals surface area contributed by atoms with Crippen LogP contribution >= 0.6 is 0 Å². The van der Waals surface area contributed by atoms with Crippen LogP contribution in [0, 0.1) is 23.3 Å². The van der Waals surface area contributed by atoms with Crippen molar-refractivity contribution >= 4 is 20.0 Å². The van der Waals surface area contributed by atoms with Crippen molar-refractivity contribution in [3.8, 4) is 0 Å². The molecule has 0 saturated heterocycles. The Balaban J connectivity index is 1.93. The van der Waals surface area contributed by atoms with E-state index in [9.17, 15) is 34.4 Å². The molecule has 2 aromatic carbocycles. The molecule has 148 valence electrons. The predicted octanol–water partition coefficient (Wildman–Crippen LogP) is 1.89. The van der Waals surface area contributed by atoms with E-state index in [1.54, 1.807) is 0 Å². The number of hydrogen-bond donors (Lipinski definition) is 2. The van der Waals surface area contributed by atoms with Crippen LogP contribution in [-0.2, 0) is 20.0 Å². The Kier molecular flexibility index (Phi) is 6.57. The fourth-order valence-corrected chi connectivity index (χ4v) is 4.35. The van der Waals surface area contributed by atoms with Crippen molar-refractivity contribution < 1.29 is 34.4 Å². The Bertz CT molecular complexity index is 960. The highest BCUT2D eigenvalue weighted by Gasteiger charge is 2.21.